The van der Waals surface area contributed by atoms with Gasteiger partial charge in [0.05, 0.1) is 0 Å². The van der Waals surface area contributed by atoms with E-state index in [1.807, 2.05) is 0 Å². The van der Waals surface area contributed by atoms with E-state index in [2.05, 4.69) is 0 Å². The fourth-order valence-corrected chi connectivity index (χ4v) is 0. The van der Waals surface area contributed by atoms with Crippen molar-refractivity contribution < 1.29 is 27.1 Å². The summed E-state index contributed by atoms with van der Waals surface area (Å²) in [6.07, 6.45) is 0.250. The van der Waals surface area contributed by atoms with E-state index in [1.54, 1.807) is 0 Å². The van der Waals surface area contributed by atoms with Crippen molar-refractivity contribution in [1.82, 2.24) is 0 Å². The van der Waals surface area contributed by atoms with Crippen LogP contribution in [0.25, 0.3) is 0 Å². The average molecular weight is 166 g/mol. The van der Waals surface area contributed by atoms with Crippen molar-refractivity contribution in [3.05, 3.63) is 0 Å². The zero-order chi connectivity index (χ0) is 7.21. The molecule has 0 bridgehead atoms. The Morgan fingerprint density at radius 2 is 1.11 bits per heavy atom. The average Bonchev–Trinajstić information content (AvgIpc) is 1.27. The van der Waals surface area contributed by atoms with Crippen molar-refractivity contribution in [3.63, 3.8) is 0 Å². The van der Waals surface area contributed by atoms with Crippen LogP contribution in [0, 0.1) is 0 Å². The molecular weight excluding hydrogens is 163 g/mol. The predicted octanol–water partition coefficient (Wildman–Crippen LogP) is -1.88. The minimum absolute atomic E-state index is 0. The quantitative estimate of drug-likeness (QED) is 0.322. The molecule has 8 heteroatoms. The van der Waals surface area contributed by atoms with Crippen LogP contribution in [0.15, 0.2) is 0 Å². The van der Waals surface area contributed by atoms with E-state index in [0.29, 0.717) is 0 Å². The third-order valence-corrected chi connectivity index (χ3v) is 0. The van der Waals surface area contributed by atoms with Crippen LogP contribution in [-0.2, 0) is 20.0 Å². The Balaban J connectivity index is -0.0000000800. The van der Waals surface area contributed by atoms with Gasteiger partial charge in [-0.15, -0.1) is 0 Å². The van der Waals surface area contributed by atoms with E-state index in [-0.39, 0.29) is 35.7 Å². The van der Waals surface area contributed by atoms with Gasteiger partial charge in [0.25, 0.3) is 0 Å². The second-order valence-electron chi connectivity index (χ2n) is 0.531. The molecule has 0 aliphatic heterocycles. The summed E-state index contributed by atoms with van der Waals surface area (Å²) >= 11 is 0. The maximum atomic E-state index is 8.74. The van der Waals surface area contributed by atoms with Crippen molar-refractivity contribution >= 4 is 46.1 Å². The number of hydrogen-bond donors (Lipinski definition) is 2. The van der Waals surface area contributed by atoms with E-state index in [4.69, 9.17) is 27.1 Å². The Morgan fingerprint density at radius 3 is 1.11 bits per heavy atom. The van der Waals surface area contributed by atoms with Gasteiger partial charge in [0, 0.05) is 0 Å². The first kappa shape index (κ1) is 16.1. The third kappa shape index (κ3) is 5160. The molecule has 0 heterocycles. The Kier molecular flexibility index (Phi) is 14.8. The molecule has 0 spiro atoms. The summed E-state index contributed by atoms with van der Waals surface area (Å²) in [4.78, 5) is 16.2. The molecule has 0 aromatic carbocycles. The molecule has 0 aliphatic rings. The summed E-state index contributed by atoms with van der Waals surface area (Å²) in [6.45, 7) is 0. The van der Waals surface area contributed by atoms with E-state index < -0.39 is 10.4 Å². The Bertz CT molecular complexity index is 153. The predicted molar refractivity (Wildman–Crippen MR) is 26.3 cm³/mol. The van der Waals surface area contributed by atoms with Gasteiger partial charge in [0.1, 0.15) is 0 Å². The summed E-state index contributed by atoms with van der Waals surface area (Å²) in [5.41, 5.74) is 0. The molecule has 0 radical (unpaired) electrons. The fraction of sp³-hybridized carbons (Fsp3) is 0. The van der Waals surface area contributed by atoms with E-state index in [0.717, 1.165) is 0 Å². The summed E-state index contributed by atoms with van der Waals surface area (Å²) in [5.74, 6) is 0. The number of hydrogen-bond acceptors (Lipinski definition) is 4. The third-order valence-electron chi connectivity index (χ3n) is 0. The number of carbonyl (C=O) groups excluding carboxylic acids is 2. The van der Waals surface area contributed by atoms with Gasteiger partial charge in [-0.1, -0.05) is 0 Å². The van der Waals surface area contributed by atoms with Gasteiger partial charge in [0.2, 0.25) is 0 Å². The number of rotatable bonds is 0. The first-order valence-corrected chi connectivity index (χ1v) is 2.50. The molecule has 0 rings (SSSR count). The zero-order valence-corrected chi connectivity index (χ0v) is 4.25. The van der Waals surface area contributed by atoms with Gasteiger partial charge in [0.15, 0.2) is 0 Å². The van der Waals surface area contributed by atoms with Crippen molar-refractivity contribution in [1.29, 1.82) is 0 Å². The molecular formula is CH3NaO6S. The van der Waals surface area contributed by atoms with Crippen LogP contribution >= 0.6 is 0 Å². The van der Waals surface area contributed by atoms with Crippen LogP contribution in [0.1, 0.15) is 0 Å². The van der Waals surface area contributed by atoms with Crippen LogP contribution < -0.4 is 0 Å². The van der Waals surface area contributed by atoms with E-state index in [1.165, 1.54) is 0 Å². The van der Waals surface area contributed by atoms with E-state index in [9.17, 15) is 0 Å². The van der Waals surface area contributed by atoms with Crippen LogP contribution in [0.5, 0.6) is 0 Å². The maximum absolute atomic E-state index is 8.74. The fourth-order valence-electron chi connectivity index (χ4n) is 0. The van der Waals surface area contributed by atoms with Crippen LogP contribution in [-0.4, -0.2) is 53.2 Å². The van der Waals surface area contributed by atoms with Gasteiger partial charge >= 0.3 is 46.1 Å². The van der Waals surface area contributed by atoms with Crippen LogP contribution in [0.4, 0.5) is 0 Å². The van der Waals surface area contributed by atoms with E-state index >= 15 is 0 Å². The van der Waals surface area contributed by atoms with Crippen molar-refractivity contribution in [2.45, 2.75) is 0 Å². The Labute approximate surface area is 73.1 Å². The minimum atomic E-state index is -4.67. The monoisotopic (exact) mass is 166 g/mol. The SMILES string of the molecule is O=C=O.O=S(=O)(O)O.[NaH]. The summed E-state index contributed by atoms with van der Waals surface area (Å²) in [5, 5.41) is 0. The first-order valence-electron chi connectivity index (χ1n) is 1.11. The molecule has 0 atom stereocenters. The summed E-state index contributed by atoms with van der Waals surface area (Å²) in [7, 11) is -4.67. The van der Waals surface area contributed by atoms with Crippen LogP contribution in [0.3, 0.4) is 0 Å². The van der Waals surface area contributed by atoms with Gasteiger partial charge in [-0.25, -0.2) is 0 Å². The Morgan fingerprint density at radius 1 is 1.11 bits per heavy atom. The summed E-state index contributed by atoms with van der Waals surface area (Å²) < 4.78 is 31.6. The molecule has 0 aliphatic carbocycles. The molecule has 0 aromatic heterocycles. The molecule has 0 unspecified atom stereocenters. The van der Waals surface area contributed by atoms with Crippen molar-refractivity contribution in [3.8, 4) is 0 Å². The molecule has 0 saturated heterocycles. The van der Waals surface area contributed by atoms with Gasteiger partial charge in [-0.2, -0.15) is 18.0 Å². The molecule has 0 saturated carbocycles. The van der Waals surface area contributed by atoms with Gasteiger partial charge in [-0.3, -0.25) is 9.11 Å². The molecule has 0 fully saturated rings. The van der Waals surface area contributed by atoms with Crippen molar-refractivity contribution in [2.75, 3.05) is 0 Å². The second kappa shape index (κ2) is 8.25. The first-order chi connectivity index (χ1) is 3.41. The molecule has 2 N–H and O–H groups in total. The van der Waals surface area contributed by atoms with Crippen molar-refractivity contribution in [2.24, 2.45) is 0 Å². The molecule has 0 aromatic rings. The van der Waals surface area contributed by atoms with Gasteiger partial charge < -0.3 is 0 Å². The molecule has 0 amide bonds. The second-order valence-corrected chi connectivity index (χ2v) is 1.43. The van der Waals surface area contributed by atoms with Gasteiger partial charge in [-0.05, 0) is 0 Å². The Hall–Kier alpha value is 0.250. The molecule has 6 nitrogen and oxygen atoms in total. The normalized spacial score (nSPS) is 7.33. The molecule has 50 valence electrons. The summed E-state index contributed by atoms with van der Waals surface area (Å²) in [6, 6.07) is 0. The zero-order valence-electron chi connectivity index (χ0n) is 3.44. The molecule has 9 heavy (non-hydrogen) atoms. The topological polar surface area (TPSA) is 109 Å². The van der Waals surface area contributed by atoms with Crippen LogP contribution in [0.2, 0.25) is 0 Å². The standard InChI is InChI=1S/CO2.Na.H2O4S.H/c2-1-3;;1-5(2,3)4;/h;;(H2,1,2,3,4);.